The van der Waals surface area contributed by atoms with Crippen LogP contribution in [0.5, 0.6) is 5.75 Å². The minimum atomic E-state index is -0.990. The highest BCUT2D eigenvalue weighted by molar-refractivity contribution is 6.30. The van der Waals surface area contributed by atoms with Crippen LogP contribution in [-0.2, 0) is 15.1 Å². The summed E-state index contributed by atoms with van der Waals surface area (Å²) >= 11 is 6.01. The zero-order valence-corrected chi connectivity index (χ0v) is 18.7. The predicted octanol–water partition coefficient (Wildman–Crippen LogP) is 3.31. The van der Waals surface area contributed by atoms with Crippen LogP contribution in [0.25, 0.3) is 0 Å². The molecule has 1 saturated heterocycles. The largest absolute Gasteiger partial charge is 0.492 e. The van der Waals surface area contributed by atoms with E-state index in [2.05, 4.69) is 5.32 Å². The molecule has 1 amide bonds. The lowest BCUT2D eigenvalue weighted by atomic mass is 9.92. The van der Waals surface area contributed by atoms with Crippen molar-refractivity contribution in [2.24, 2.45) is 0 Å². The van der Waals surface area contributed by atoms with Crippen LogP contribution in [0.3, 0.4) is 0 Å². The van der Waals surface area contributed by atoms with E-state index in [1.54, 1.807) is 30.3 Å². The lowest BCUT2D eigenvalue weighted by molar-refractivity contribution is -0.134. The summed E-state index contributed by atoms with van der Waals surface area (Å²) in [5, 5.41) is 13.4. The number of carbonyl (C=O) groups excluding carboxylic acids is 1. The van der Waals surface area contributed by atoms with Gasteiger partial charge in [-0.05, 0) is 49.7 Å². The van der Waals surface area contributed by atoms with Crippen molar-refractivity contribution in [3.63, 3.8) is 0 Å². The molecule has 1 aliphatic carbocycles. The van der Waals surface area contributed by atoms with Crippen molar-refractivity contribution in [1.82, 2.24) is 10.2 Å². The Bertz CT molecular complexity index is 1000. The molecule has 1 heterocycles. The van der Waals surface area contributed by atoms with E-state index in [0.717, 1.165) is 0 Å². The van der Waals surface area contributed by atoms with E-state index >= 15 is 0 Å². The van der Waals surface area contributed by atoms with Crippen LogP contribution in [0, 0.1) is 0 Å². The summed E-state index contributed by atoms with van der Waals surface area (Å²) in [6.45, 7) is 1.68. The molecule has 7 nitrogen and oxygen atoms in total. The van der Waals surface area contributed by atoms with Crippen molar-refractivity contribution in [1.29, 1.82) is 0 Å². The Hall–Kier alpha value is -2.61. The molecule has 4 rings (SSSR count). The molecule has 1 unspecified atom stereocenters. The highest BCUT2D eigenvalue weighted by atomic mass is 35.5. The van der Waals surface area contributed by atoms with Crippen LogP contribution in [-0.4, -0.2) is 60.8 Å². The molecule has 0 spiro atoms. The highest BCUT2D eigenvalue weighted by Gasteiger charge is 2.53. The van der Waals surface area contributed by atoms with Crippen molar-refractivity contribution >= 4 is 23.5 Å². The van der Waals surface area contributed by atoms with Gasteiger partial charge >= 0.3 is 5.97 Å². The minimum absolute atomic E-state index is 0.141. The van der Waals surface area contributed by atoms with E-state index in [4.69, 9.17) is 21.1 Å². The molecule has 1 saturated carbocycles. The van der Waals surface area contributed by atoms with Gasteiger partial charge in [-0.1, -0.05) is 35.9 Å². The first-order valence-corrected chi connectivity index (χ1v) is 11.1. The number of carboxylic acids is 1. The lowest BCUT2D eigenvalue weighted by Gasteiger charge is -2.37. The number of amides is 1. The summed E-state index contributed by atoms with van der Waals surface area (Å²) < 4.78 is 11.4. The number of benzene rings is 2. The van der Waals surface area contributed by atoms with E-state index in [9.17, 15) is 14.7 Å². The van der Waals surface area contributed by atoms with Gasteiger partial charge in [-0.2, -0.15) is 0 Å². The average molecular weight is 459 g/mol. The van der Waals surface area contributed by atoms with Crippen LogP contribution in [0.15, 0.2) is 48.5 Å². The third kappa shape index (κ3) is 4.46. The molecule has 0 bridgehead atoms. The predicted molar refractivity (Wildman–Crippen MR) is 120 cm³/mol. The lowest BCUT2D eigenvalue weighted by Crippen LogP contribution is -2.60. The van der Waals surface area contributed by atoms with E-state index in [-0.39, 0.29) is 18.1 Å². The second-order valence-electron chi connectivity index (χ2n) is 8.45. The van der Waals surface area contributed by atoms with Gasteiger partial charge in [0.25, 0.3) is 0 Å². The third-order valence-electron chi connectivity index (χ3n) is 6.42. The zero-order valence-electron chi connectivity index (χ0n) is 18.0. The van der Waals surface area contributed by atoms with Crippen molar-refractivity contribution in [3.8, 4) is 5.75 Å². The molecule has 8 heteroatoms. The molecule has 2 fully saturated rings. The summed E-state index contributed by atoms with van der Waals surface area (Å²) in [6.07, 6.45) is 1.98. The van der Waals surface area contributed by atoms with Crippen molar-refractivity contribution in [3.05, 3.63) is 64.7 Å². The summed E-state index contributed by atoms with van der Waals surface area (Å²) in [6, 6.07) is 14.1. The molecule has 32 heavy (non-hydrogen) atoms. The SMILES string of the molecule is CN(CCOc1cccc(Cl)c1)C1(C(=O)NC2(c3ccccc3C(=O)O)CC2)CCOC1. The first-order valence-electron chi connectivity index (χ1n) is 10.7. The maximum atomic E-state index is 13.6. The van der Waals surface area contributed by atoms with Crippen molar-refractivity contribution in [2.45, 2.75) is 30.3 Å². The van der Waals surface area contributed by atoms with Crippen molar-refractivity contribution < 1.29 is 24.2 Å². The van der Waals surface area contributed by atoms with Gasteiger partial charge in [0.1, 0.15) is 17.9 Å². The number of nitrogens with one attached hydrogen (secondary N) is 1. The minimum Gasteiger partial charge on any atom is -0.492 e. The Morgan fingerprint density at radius 1 is 1.19 bits per heavy atom. The van der Waals surface area contributed by atoms with Crippen LogP contribution in [0.1, 0.15) is 35.2 Å². The Labute approximate surface area is 192 Å². The number of ether oxygens (including phenoxy) is 2. The molecule has 2 N–H and O–H groups in total. The quantitative estimate of drug-likeness (QED) is 0.599. The van der Waals surface area contributed by atoms with Crippen molar-refractivity contribution in [2.75, 3.05) is 33.4 Å². The molecule has 1 aliphatic heterocycles. The van der Waals surface area contributed by atoms with Gasteiger partial charge in [0.05, 0.1) is 17.7 Å². The molecule has 2 aliphatic rings. The van der Waals surface area contributed by atoms with Gasteiger partial charge in [-0.15, -0.1) is 0 Å². The number of likely N-dealkylation sites (N-methyl/N-ethyl adjacent to an activating group) is 1. The number of carbonyl (C=O) groups is 2. The number of nitrogens with zero attached hydrogens (tertiary/aromatic N) is 1. The second-order valence-corrected chi connectivity index (χ2v) is 8.88. The molecule has 2 aromatic carbocycles. The molecule has 0 aromatic heterocycles. The summed E-state index contributed by atoms with van der Waals surface area (Å²) in [7, 11) is 1.89. The van der Waals surface area contributed by atoms with Gasteiger partial charge in [0.2, 0.25) is 5.91 Å². The van der Waals surface area contributed by atoms with E-state index in [0.29, 0.717) is 55.4 Å². The van der Waals surface area contributed by atoms with Gasteiger partial charge in [0.15, 0.2) is 0 Å². The number of hydrogen-bond donors (Lipinski definition) is 2. The molecule has 0 radical (unpaired) electrons. The van der Waals surface area contributed by atoms with Crippen LogP contribution in [0.2, 0.25) is 5.02 Å². The highest BCUT2D eigenvalue weighted by Crippen LogP contribution is 2.47. The normalized spacial score (nSPS) is 21.3. The topological polar surface area (TPSA) is 88.1 Å². The number of carboxylic acid groups (broad SMARTS) is 1. The van der Waals surface area contributed by atoms with E-state index in [1.807, 2.05) is 30.1 Å². The maximum absolute atomic E-state index is 13.6. The van der Waals surface area contributed by atoms with Crippen LogP contribution < -0.4 is 10.1 Å². The summed E-state index contributed by atoms with van der Waals surface area (Å²) in [4.78, 5) is 27.2. The smallest absolute Gasteiger partial charge is 0.336 e. The standard InChI is InChI=1S/C24H27ClN2O5/c1-27(12-14-32-18-6-4-5-17(25)15-18)24(11-13-31-16-24)22(30)26-23(9-10-23)20-8-3-2-7-19(20)21(28)29/h2-8,15H,9-14,16H2,1H3,(H,26,30)(H,28,29). The zero-order chi connectivity index (χ0) is 22.8. The Balaban J connectivity index is 1.46. The monoisotopic (exact) mass is 458 g/mol. The second kappa shape index (κ2) is 9.10. The Morgan fingerprint density at radius 3 is 2.62 bits per heavy atom. The fourth-order valence-electron chi connectivity index (χ4n) is 4.29. The fourth-order valence-corrected chi connectivity index (χ4v) is 4.47. The molecule has 170 valence electrons. The van der Waals surface area contributed by atoms with E-state index < -0.39 is 17.0 Å². The van der Waals surface area contributed by atoms with Crippen LogP contribution in [0.4, 0.5) is 0 Å². The molecular weight excluding hydrogens is 432 g/mol. The first kappa shape index (κ1) is 22.6. The summed E-state index contributed by atoms with van der Waals surface area (Å²) in [5.74, 6) is -0.456. The molecule has 2 aromatic rings. The first-order chi connectivity index (χ1) is 15.4. The van der Waals surface area contributed by atoms with Crippen LogP contribution >= 0.6 is 11.6 Å². The number of halogens is 1. The van der Waals surface area contributed by atoms with E-state index in [1.165, 1.54) is 0 Å². The Kier molecular flexibility index (Phi) is 6.42. The molecular formula is C24H27ClN2O5. The number of rotatable bonds is 9. The van der Waals surface area contributed by atoms with Gasteiger partial charge in [-0.3, -0.25) is 9.69 Å². The van der Waals surface area contributed by atoms with Gasteiger partial charge in [-0.25, -0.2) is 4.79 Å². The number of aromatic carboxylic acids is 1. The Morgan fingerprint density at radius 2 is 1.97 bits per heavy atom. The maximum Gasteiger partial charge on any atom is 0.336 e. The fraction of sp³-hybridized carbons (Fsp3) is 0.417. The summed E-state index contributed by atoms with van der Waals surface area (Å²) in [5.41, 5.74) is -0.585. The van der Waals surface area contributed by atoms with Gasteiger partial charge < -0.3 is 19.9 Å². The van der Waals surface area contributed by atoms with Gasteiger partial charge in [0, 0.05) is 24.6 Å². The number of hydrogen-bond acceptors (Lipinski definition) is 5. The average Bonchev–Trinajstić information content (AvgIpc) is 3.37. The molecule has 1 atom stereocenters. The third-order valence-corrected chi connectivity index (χ3v) is 6.66.